The molecule has 1 spiro atoms. The summed E-state index contributed by atoms with van der Waals surface area (Å²) in [4.78, 5) is 17.2. The summed E-state index contributed by atoms with van der Waals surface area (Å²) in [6.07, 6.45) is 3.11. The number of likely N-dealkylation sites (tertiary alicyclic amines) is 2. The molecule has 2 aliphatic rings. The van der Waals surface area contributed by atoms with Crippen LogP contribution in [0.5, 0.6) is 0 Å². The molecular formula is C18H26N2O2. The number of hydrogen-bond acceptors (Lipinski definition) is 3. The van der Waals surface area contributed by atoms with Gasteiger partial charge in [-0.3, -0.25) is 4.79 Å². The highest BCUT2D eigenvalue weighted by molar-refractivity contribution is 5.87. The van der Waals surface area contributed by atoms with E-state index in [0.717, 1.165) is 51.1 Å². The van der Waals surface area contributed by atoms with Gasteiger partial charge in [0.05, 0.1) is 12.5 Å². The zero-order chi connectivity index (χ0) is 15.6. The molecule has 0 aromatic heterocycles. The number of benzene rings is 1. The van der Waals surface area contributed by atoms with Crippen molar-refractivity contribution in [3.05, 3.63) is 35.9 Å². The smallest absolute Gasteiger partial charge is 0.230 e. The van der Waals surface area contributed by atoms with Crippen LogP contribution in [0.3, 0.4) is 0 Å². The summed E-state index contributed by atoms with van der Waals surface area (Å²) in [5.41, 5.74) is 1.22. The molecule has 22 heavy (non-hydrogen) atoms. The molecule has 1 atom stereocenters. The van der Waals surface area contributed by atoms with Crippen molar-refractivity contribution in [1.29, 1.82) is 0 Å². The summed E-state index contributed by atoms with van der Waals surface area (Å²) < 4.78 is 5.17. The van der Waals surface area contributed by atoms with Crippen LogP contribution < -0.4 is 0 Å². The first-order valence-corrected chi connectivity index (χ1v) is 8.20. The molecule has 0 N–H and O–H groups in total. The third kappa shape index (κ3) is 2.77. The molecular weight excluding hydrogens is 276 g/mol. The van der Waals surface area contributed by atoms with Crippen LogP contribution in [0.15, 0.2) is 30.3 Å². The number of nitrogens with zero attached hydrogens (tertiary/aromatic N) is 2. The summed E-state index contributed by atoms with van der Waals surface area (Å²) in [7, 11) is 3.75. The lowest BCUT2D eigenvalue weighted by molar-refractivity contribution is -0.131. The number of likely N-dealkylation sites (N-methyl/N-ethyl adjacent to an activating group) is 1. The van der Waals surface area contributed by atoms with Crippen LogP contribution in [0.4, 0.5) is 0 Å². The molecule has 2 saturated heterocycles. The van der Waals surface area contributed by atoms with Gasteiger partial charge < -0.3 is 14.5 Å². The van der Waals surface area contributed by atoms with Crippen molar-refractivity contribution >= 4 is 5.91 Å². The van der Waals surface area contributed by atoms with Crippen LogP contribution in [0, 0.1) is 0 Å². The van der Waals surface area contributed by atoms with E-state index in [-0.39, 0.29) is 17.4 Å². The molecule has 1 amide bonds. The molecule has 120 valence electrons. The van der Waals surface area contributed by atoms with E-state index >= 15 is 0 Å². The van der Waals surface area contributed by atoms with Crippen LogP contribution in [-0.2, 0) is 9.53 Å². The van der Waals surface area contributed by atoms with Gasteiger partial charge in [-0.1, -0.05) is 30.3 Å². The van der Waals surface area contributed by atoms with Gasteiger partial charge in [0.25, 0.3) is 0 Å². The summed E-state index contributed by atoms with van der Waals surface area (Å²) in [5, 5.41) is 0. The Balaban J connectivity index is 1.70. The molecule has 2 heterocycles. The van der Waals surface area contributed by atoms with Crippen LogP contribution in [0.2, 0.25) is 0 Å². The first-order valence-electron chi connectivity index (χ1n) is 8.20. The second-order valence-electron chi connectivity index (χ2n) is 6.62. The predicted molar refractivity (Wildman–Crippen MR) is 86.9 cm³/mol. The number of methoxy groups -OCH3 is 1. The standard InChI is InChI=1S/C18H26N2O2/c1-19-17(21)16(15-6-4-3-5-7-15)14-18(19)8-10-20(11-9-18)12-13-22-2/h3-7,16H,8-14H2,1-2H3. The van der Waals surface area contributed by atoms with Crippen LogP contribution in [0.25, 0.3) is 0 Å². The van der Waals surface area contributed by atoms with Crippen LogP contribution in [-0.4, -0.2) is 61.6 Å². The lowest BCUT2D eigenvalue weighted by atomic mass is 9.81. The normalized spacial score (nSPS) is 25.1. The number of carbonyl (C=O) groups excluding carboxylic acids is 1. The van der Waals surface area contributed by atoms with Crippen molar-refractivity contribution in [2.24, 2.45) is 0 Å². The average molecular weight is 302 g/mol. The molecule has 3 rings (SSSR count). The molecule has 2 aliphatic heterocycles. The lowest BCUT2D eigenvalue weighted by Crippen LogP contribution is -2.52. The van der Waals surface area contributed by atoms with E-state index < -0.39 is 0 Å². The van der Waals surface area contributed by atoms with Crippen molar-refractivity contribution in [3.63, 3.8) is 0 Å². The van der Waals surface area contributed by atoms with Crippen molar-refractivity contribution in [3.8, 4) is 0 Å². The summed E-state index contributed by atoms with van der Waals surface area (Å²) in [6, 6.07) is 10.2. The molecule has 4 heteroatoms. The highest BCUT2D eigenvalue weighted by atomic mass is 16.5. The zero-order valence-electron chi connectivity index (χ0n) is 13.6. The SMILES string of the molecule is COCCN1CCC2(CC1)CC(c1ccccc1)C(=O)N2C. The average Bonchev–Trinajstić information content (AvgIpc) is 2.81. The minimum Gasteiger partial charge on any atom is -0.383 e. The molecule has 0 aliphatic carbocycles. The van der Waals surface area contributed by atoms with E-state index in [4.69, 9.17) is 4.74 Å². The number of amides is 1. The van der Waals surface area contributed by atoms with Crippen molar-refractivity contribution in [1.82, 2.24) is 9.80 Å². The van der Waals surface area contributed by atoms with E-state index in [1.54, 1.807) is 7.11 Å². The first-order chi connectivity index (χ1) is 10.7. The zero-order valence-corrected chi connectivity index (χ0v) is 13.6. The second-order valence-corrected chi connectivity index (χ2v) is 6.62. The number of rotatable bonds is 4. The van der Waals surface area contributed by atoms with E-state index in [9.17, 15) is 4.79 Å². The topological polar surface area (TPSA) is 32.8 Å². The lowest BCUT2D eigenvalue weighted by Gasteiger charge is -2.43. The number of ether oxygens (including phenoxy) is 1. The van der Waals surface area contributed by atoms with Gasteiger partial charge in [-0.15, -0.1) is 0 Å². The highest BCUT2D eigenvalue weighted by Crippen LogP contribution is 2.44. The Labute approximate surface area is 133 Å². The van der Waals surface area contributed by atoms with E-state index in [0.29, 0.717) is 0 Å². The van der Waals surface area contributed by atoms with Gasteiger partial charge in [0, 0.05) is 39.3 Å². The van der Waals surface area contributed by atoms with Gasteiger partial charge >= 0.3 is 0 Å². The van der Waals surface area contributed by atoms with Crippen LogP contribution in [0.1, 0.15) is 30.7 Å². The predicted octanol–water partition coefficient (Wildman–Crippen LogP) is 2.11. The van der Waals surface area contributed by atoms with Crippen LogP contribution >= 0.6 is 0 Å². The molecule has 0 radical (unpaired) electrons. The third-order valence-electron chi connectivity index (χ3n) is 5.52. The fourth-order valence-corrected chi connectivity index (χ4v) is 3.97. The highest BCUT2D eigenvalue weighted by Gasteiger charge is 2.50. The van der Waals surface area contributed by atoms with Crippen molar-refractivity contribution in [2.45, 2.75) is 30.7 Å². The van der Waals surface area contributed by atoms with E-state index in [2.05, 4.69) is 17.0 Å². The second kappa shape index (κ2) is 6.39. The summed E-state index contributed by atoms with van der Waals surface area (Å²) in [6.45, 7) is 3.89. The minimum absolute atomic E-state index is 0.0386. The number of piperidine rings is 1. The third-order valence-corrected chi connectivity index (χ3v) is 5.52. The summed E-state index contributed by atoms with van der Waals surface area (Å²) >= 11 is 0. The molecule has 2 fully saturated rings. The molecule has 0 bridgehead atoms. The maximum atomic E-state index is 12.7. The van der Waals surface area contributed by atoms with E-state index in [1.165, 1.54) is 0 Å². The fourth-order valence-electron chi connectivity index (χ4n) is 3.97. The first kappa shape index (κ1) is 15.5. The van der Waals surface area contributed by atoms with E-state index in [1.807, 2.05) is 30.1 Å². The van der Waals surface area contributed by atoms with Gasteiger partial charge in [0.1, 0.15) is 0 Å². The number of hydrogen-bond donors (Lipinski definition) is 0. The Hall–Kier alpha value is -1.39. The molecule has 4 nitrogen and oxygen atoms in total. The van der Waals surface area contributed by atoms with Gasteiger partial charge in [-0.2, -0.15) is 0 Å². The molecule has 1 aromatic carbocycles. The number of carbonyl (C=O) groups is 1. The Kier molecular flexibility index (Phi) is 4.50. The Bertz CT molecular complexity index is 509. The quantitative estimate of drug-likeness (QED) is 0.854. The maximum Gasteiger partial charge on any atom is 0.230 e. The van der Waals surface area contributed by atoms with Crippen molar-refractivity contribution < 1.29 is 9.53 Å². The Morgan fingerprint density at radius 1 is 1.23 bits per heavy atom. The van der Waals surface area contributed by atoms with Crippen molar-refractivity contribution in [2.75, 3.05) is 40.4 Å². The van der Waals surface area contributed by atoms with Gasteiger partial charge in [0.2, 0.25) is 5.91 Å². The Morgan fingerprint density at radius 3 is 2.55 bits per heavy atom. The van der Waals surface area contributed by atoms with Gasteiger partial charge in [-0.05, 0) is 24.8 Å². The maximum absolute atomic E-state index is 12.7. The minimum atomic E-state index is 0.0386. The summed E-state index contributed by atoms with van der Waals surface area (Å²) in [5.74, 6) is 0.327. The molecule has 0 saturated carbocycles. The van der Waals surface area contributed by atoms with Gasteiger partial charge in [-0.25, -0.2) is 0 Å². The largest absolute Gasteiger partial charge is 0.383 e. The monoisotopic (exact) mass is 302 g/mol. The molecule has 1 aromatic rings. The van der Waals surface area contributed by atoms with Gasteiger partial charge in [0.15, 0.2) is 0 Å². The fraction of sp³-hybridized carbons (Fsp3) is 0.611. The molecule has 1 unspecified atom stereocenters. The Morgan fingerprint density at radius 2 is 1.91 bits per heavy atom.